The molecule has 0 radical (unpaired) electrons. The Bertz CT molecular complexity index is 804. The molecule has 2 aromatic carbocycles. The van der Waals surface area contributed by atoms with Crippen molar-refractivity contribution in [3.05, 3.63) is 65.7 Å². The molecule has 1 heterocycles. The second kappa shape index (κ2) is 10.6. The van der Waals surface area contributed by atoms with Crippen LogP contribution in [-0.4, -0.2) is 24.5 Å². The molecule has 0 N–H and O–H groups in total. The number of likely N-dealkylation sites (tertiary alicyclic amines) is 1. The predicted molar refractivity (Wildman–Crippen MR) is 126 cm³/mol. The summed E-state index contributed by atoms with van der Waals surface area (Å²) in [6.07, 6.45) is 10.3. The topological polar surface area (TPSA) is 12.5 Å². The van der Waals surface area contributed by atoms with Crippen LogP contribution in [0.5, 0.6) is 5.75 Å². The van der Waals surface area contributed by atoms with Crippen LogP contribution < -0.4 is 4.74 Å². The second-order valence-corrected chi connectivity index (χ2v) is 9.76. The van der Waals surface area contributed by atoms with Crippen molar-refractivity contribution in [2.75, 3.05) is 19.6 Å². The van der Waals surface area contributed by atoms with Crippen LogP contribution in [0.15, 0.2) is 54.6 Å². The number of alkyl halides is 1. The molecule has 2 atom stereocenters. The largest absolute Gasteiger partial charge is 0.489 e. The Balaban J connectivity index is 1.30. The maximum absolute atomic E-state index is 16.1. The monoisotopic (exact) mass is 423 g/mol. The van der Waals surface area contributed by atoms with E-state index in [2.05, 4.69) is 11.8 Å². The first-order chi connectivity index (χ1) is 15.1. The Labute approximate surface area is 187 Å². The predicted octanol–water partition coefficient (Wildman–Crippen LogP) is 7.13. The molecule has 1 aliphatic carbocycles. The quantitative estimate of drug-likeness (QED) is 0.448. The van der Waals surface area contributed by atoms with Crippen LogP contribution in [0.25, 0.3) is 0 Å². The van der Waals surface area contributed by atoms with Gasteiger partial charge in [-0.15, -0.1) is 0 Å². The van der Waals surface area contributed by atoms with Crippen LogP contribution in [0.2, 0.25) is 0 Å². The molecule has 0 bridgehead atoms. The summed E-state index contributed by atoms with van der Waals surface area (Å²) in [5.41, 5.74) is 0.622. The Morgan fingerprint density at radius 3 is 2.61 bits per heavy atom. The van der Waals surface area contributed by atoms with E-state index in [0.717, 1.165) is 42.4 Å². The van der Waals surface area contributed by atoms with Gasteiger partial charge in [-0.2, -0.15) is 0 Å². The van der Waals surface area contributed by atoms with Gasteiger partial charge in [0.25, 0.3) is 0 Å². The van der Waals surface area contributed by atoms with Gasteiger partial charge in [0.1, 0.15) is 18.0 Å². The van der Waals surface area contributed by atoms with Crippen molar-refractivity contribution in [1.29, 1.82) is 0 Å². The zero-order valence-electron chi connectivity index (χ0n) is 19.1. The molecule has 3 heteroatoms. The SMILES string of the molecule is CC1CN(CCCC2CCCCC2)CCC1(F)c1cccc(OCc2ccccc2)c1. The molecule has 0 amide bonds. The number of nitrogens with zero attached hydrogens (tertiary/aromatic N) is 1. The smallest absolute Gasteiger partial charge is 0.141 e. The third kappa shape index (κ3) is 5.88. The summed E-state index contributed by atoms with van der Waals surface area (Å²) in [6, 6.07) is 17.8. The summed E-state index contributed by atoms with van der Waals surface area (Å²) < 4.78 is 22.1. The minimum atomic E-state index is -1.27. The highest BCUT2D eigenvalue weighted by atomic mass is 19.1. The Kier molecular flexibility index (Phi) is 7.66. The number of hydrogen-bond donors (Lipinski definition) is 0. The van der Waals surface area contributed by atoms with E-state index in [1.54, 1.807) is 0 Å². The van der Waals surface area contributed by atoms with Crippen molar-refractivity contribution in [3.8, 4) is 5.75 Å². The van der Waals surface area contributed by atoms with Crippen molar-refractivity contribution in [3.63, 3.8) is 0 Å². The molecule has 2 unspecified atom stereocenters. The van der Waals surface area contributed by atoms with Crippen molar-refractivity contribution in [1.82, 2.24) is 4.90 Å². The molecule has 1 saturated heterocycles. The highest BCUT2D eigenvalue weighted by Crippen LogP contribution is 2.42. The lowest BCUT2D eigenvalue weighted by Gasteiger charge is -2.42. The van der Waals surface area contributed by atoms with Gasteiger partial charge in [0.2, 0.25) is 0 Å². The maximum atomic E-state index is 16.1. The molecule has 2 aliphatic rings. The van der Waals surface area contributed by atoms with Gasteiger partial charge in [0.15, 0.2) is 0 Å². The van der Waals surface area contributed by atoms with E-state index >= 15 is 4.39 Å². The van der Waals surface area contributed by atoms with Crippen LogP contribution in [-0.2, 0) is 12.3 Å². The Morgan fingerprint density at radius 2 is 1.84 bits per heavy atom. The van der Waals surface area contributed by atoms with Crippen LogP contribution in [0.1, 0.15) is 69.4 Å². The summed E-state index contributed by atoms with van der Waals surface area (Å²) >= 11 is 0. The van der Waals surface area contributed by atoms with Crippen molar-refractivity contribution in [2.24, 2.45) is 11.8 Å². The van der Waals surface area contributed by atoms with Crippen LogP contribution >= 0.6 is 0 Å². The van der Waals surface area contributed by atoms with E-state index in [9.17, 15) is 0 Å². The molecule has 0 spiro atoms. The lowest BCUT2D eigenvalue weighted by Crippen LogP contribution is -2.46. The van der Waals surface area contributed by atoms with Crippen molar-refractivity contribution < 1.29 is 9.13 Å². The molecule has 4 rings (SSSR count). The van der Waals surface area contributed by atoms with E-state index in [1.807, 2.05) is 54.6 Å². The highest BCUT2D eigenvalue weighted by molar-refractivity contribution is 5.34. The minimum absolute atomic E-state index is 0.0136. The lowest BCUT2D eigenvalue weighted by molar-refractivity contribution is 0.000516. The molecule has 2 fully saturated rings. The van der Waals surface area contributed by atoms with E-state index < -0.39 is 5.67 Å². The third-order valence-electron chi connectivity index (χ3n) is 7.48. The first-order valence-electron chi connectivity index (χ1n) is 12.3. The molecule has 2 aromatic rings. The Hall–Kier alpha value is -1.87. The summed E-state index contributed by atoms with van der Waals surface area (Å²) in [6.45, 7) is 5.40. The van der Waals surface area contributed by atoms with Gasteiger partial charge in [-0.05, 0) is 55.0 Å². The minimum Gasteiger partial charge on any atom is -0.489 e. The standard InChI is InChI=1S/C28H38FNO/c1-23-21-30(18-9-14-24-10-4-2-5-11-24)19-17-28(23,29)26-15-8-16-27(20-26)31-22-25-12-6-3-7-13-25/h3,6-8,12-13,15-16,20,23-24H,2,4-5,9-11,14,17-19,21-22H2,1H3. The fourth-order valence-electron chi connectivity index (χ4n) is 5.49. The van der Waals surface area contributed by atoms with E-state index in [-0.39, 0.29) is 5.92 Å². The summed E-state index contributed by atoms with van der Waals surface area (Å²) in [5.74, 6) is 1.68. The Morgan fingerprint density at radius 1 is 1.03 bits per heavy atom. The van der Waals surface area contributed by atoms with E-state index in [4.69, 9.17) is 4.74 Å². The molecule has 0 aromatic heterocycles. The molecule has 1 saturated carbocycles. The molecule has 31 heavy (non-hydrogen) atoms. The van der Waals surface area contributed by atoms with Gasteiger partial charge in [0.05, 0.1) is 0 Å². The number of hydrogen-bond acceptors (Lipinski definition) is 2. The van der Waals surface area contributed by atoms with Gasteiger partial charge in [-0.25, -0.2) is 4.39 Å². The second-order valence-electron chi connectivity index (χ2n) is 9.76. The molecule has 2 nitrogen and oxygen atoms in total. The first-order valence-corrected chi connectivity index (χ1v) is 12.3. The molecular weight excluding hydrogens is 385 g/mol. The number of benzene rings is 2. The zero-order valence-corrected chi connectivity index (χ0v) is 19.1. The zero-order chi connectivity index (χ0) is 21.5. The van der Waals surface area contributed by atoms with Crippen LogP contribution in [0, 0.1) is 11.8 Å². The highest BCUT2D eigenvalue weighted by Gasteiger charge is 2.42. The van der Waals surface area contributed by atoms with Gasteiger partial charge in [-0.1, -0.05) is 81.5 Å². The van der Waals surface area contributed by atoms with Gasteiger partial charge in [0, 0.05) is 19.0 Å². The van der Waals surface area contributed by atoms with Gasteiger partial charge < -0.3 is 9.64 Å². The molecule has 1 aliphatic heterocycles. The summed E-state index contributed by atoms with van der Waals surface area (Å²) in [5, 5.41) is 0. The van der Waals surface area contributed by atoms with Crippen molar-refractivity contribution >= 4 is 0 Å². The summed E-state index contributed by atoms with van der Waals surface area (Å²) in [4.78, 5) is 2.49. The van der Waals surface area contributed by atoms with Gasteiger partial charge in [-0.3, -0.25) is 0 Å². The fraction of sp³-hybridized carbons (Fsp3) is 0.571. The normalized spacial score (nSPS) is 25.4. The average molecular weight is 424 g/mol. The molecular formula is C28H38FNO. The van der Waals surface area contributed by atoms with Crippen molar-refractivity contribution in [2.45, 2.75) is 70.6 Å². The number of ether oxygens (including phenoxy) is 1. The molecule has 168 valence electrons. The number of rotatable bonds is 8. The van der Waals surface area contributed by atoms with Crippen LogP contribution in [0.3, 0.4) is 0 Å². The first kappa shape index (κ1) is 22.3. The van der Waals surface area contributed by atoms with Crippen LogP contribution in [0.4, 0.5) is 4.39 Å². The number of halogens is 1. The number of piperidine rings is 1. The lowest BCUT2D eigenvalue weighted by atomic mass is 9.78. The maximum Gasteiger partial charge on any atom is 0.141 e. The van der Waals surface area contributed by atoms with E-state index in [1.165, 1.54) is 44.9 Å². The summed E-state index contributed by atoms with van der Waals surface area (Å²) in [7, 11) is 0. The average Bonchev–Trinajstić information content (AvgIpc) is 2.82. The van der Waals surface area contributed by atoms with Gasteiger partial charge >= 0.3 is 0 Å². The fourth-order valence-corrected chi connectivity index (χ4v) is 5.49. The third-order valence-corrected chi connectivity index (χ3v) is 7.48. The van der Waals surface area contributed by atoms with E-state index in [0.29, 0.717) is 13.0 Å².